The minimum atomic E-state index is -0.0691. The molecule has 0 atom stereocenters. The van der Waals surface area contributed by atoms with Crippen LogP contribution in [0.5, 0.6) is 5.75 Å². The molecule has 0 aliphatic carbocycles. The van der Waals surface area contributed by atoms with Gasteiger partial charge in [0.1, 0.15) is 22.9 Å². The van der Waals surface area contributed by atoms with Gasteiger partial charge in [-0.3, -0.25) is 4.40 Å². The Hall–Kier alpha value is -2.49. The standard InChI is InChI=1S/C23H31N3O/c1-16-12-13-26-19(14-16)24-20(17-8-10-18(27-7)11-9-17)21(26)25-23(5,6)15-22(2,3)4/h8-14,25H,15H2,1-7H3. The van der Waals surface area contributed by atoms with E-state index in [1.54, 1.807) is 7.11 Å². The van der Waals surface area contributed by atoms with Crippen LogP contribution in [0.1, 0.15) is 46.6 Å². The van der Waals surface area contributed by atoms with Gasteiger partial charge in [-0.25, -0.2) is 4.98 Å². The van der Waals surface area contributed by atoms with E-state index in [0.29, 0.717) is 0 Å². The first-order valence-electron chi connectivity index (χ1n) is 9.49. The Labute approximate surface area is 162 Å². The maximum atomic E-state index is 5.30. The van der Waals surface area contributed by atoms with Gasteiger partial charge >= 0.3 is 0 Å². The molecule has 3 aromatic rings. The quantitative estimate of drug-likeness (QED) is 0.607. The lowest BCUT2D eigenvalue weighted by atomic mass is 9.82. The van der Waals surface area contributed by atoms with Crippen LogP contribution < -0.4 is 10.1 Å². The maximum absolute atomic E-state index is 5.30. The van der Waals surface area contributed by atoms with E-state index in [1.807, 2.05) is 12.1 Å². The van der Waals surface area contributed by atoms with E-state index in [0.717, 1.165) is 34.9 Å². The molecule has 0 fully saturated rings. The average Bonchev–Trinajstić information content (AvgIpc) is 2.89. The fraction of sp³-hybridized carbons (Fsp3) is 0.435. The Morgan fingerprint density at radius 1 is 1.04 bits per heavy atom. The van der Waals surface area contributed by atoms with Crippen LogP contribution in [0, 0.1) is 12.3 Å². The molecule has 0 spiro atoms. The van der Waals surface area contributed by atoms with Crippen LogP contribution in [0.4, 0.5) is 5.82 Å². The smallest absolute Gasteiger partial charge is 0.139 e. The van der Waals surface area contributed by atoms with Crippen LogP contribution >= 0.6 is 0 Å². The van der Waals surface area contributed by atoms with Crippen molar-refractivity contribution in [2.45, 2.75) is 53.5 Å². The monoisotopic (exact) mass is 365 g/mol. The number of hydrogen-bond acceptors (Lipinski definition) is 3. The second-order valence-corrected chi connectivity index (χ2v) is 9.22. The molecular weight excluding hydrogens is 334 g/mol. The summed E-state index contributed by atoms with van der Waals surface area (Å²) >= 11 is 0. The SMILES string of the molecule is COc1ccc(-c2nc3cc(C)ccn3c2NC(C)(C)CC(C)(C)C)cc1. The highest BCUT2D eigenvalue weighted by Gasteiger charge is 2.28. The summed E-state index contributed by atoms with van der Waals surface area (Å²) in [5, 5.41) is 3.78. The average molecular weight is 366 g/mol. The number of aromatic nitrogens is 2. The Bertz CT molecular complexity index is 931. The Morgan fingerprint density at radius 3 is 2.30 bits per heavy atom. The highest BCUT2D eigenvalue weighted by Crippen LogP contribution is 2.35. The van der Waals surface area contributed by atoms with Crippen LogP contribution in [0.25, 0.3) is 16.9 Å². The fourth-order valence-electron chi connectivity index (χ4n) is 3.91. The van der Waals surface area contributed by atoms with Gasteiger partial charge in [0, 0.05) is 17.3 Å². The molecule has 2 heterocycles. The molecule has 0 saturated carbocycles. The minimum absolute atomic E-state index is 0.0691. The molecule has 27 heavy (non-hydrogen) atoms. The van der Waals surface area contributed by atoms with E-state index < -0.39 is 0 Å². The number of benzene rings is 1. The number of ether oxygens (including phenoxy) is 1. The Kier molecular flexibility index (Phi) is 4.94. The van der Waals surface area contributed by atoms with E-state index >= 15 is 0 Å². The molecule has 0 aliphatic heterocycles. The van der Waals surface area contributed by atoms with Crippen molar-refractivity contribution < 1.29 is 4.74 Å². The number of rotatable bonds is 5. The summed E-state index contributed by atoms with van der Waals surface area (Å²) in [4.78, 5) is 4.94. The van der Waals surface area contributed by atoms with Crippen molar-refractivity contribution >= 4 is 11.5 Å². The summed E-state index contributed by atoms with van der Waals surface area (Å²) in [5.74, 6) is 1.88. The van der Waals surface area contributed by atoms with Crippen LogP contribution in [-0.4, -0.2) is 22.0 Å². The van der Waals surface area contributed by atoms with Crippen LogP contribution in [0.15, 0.2) is 42.6 Å². The van der Waals surface area contributed by atoms with Gasteiger partial charge in [0.2, 0.25) is 0 Å². The van der Waals surface area contributed by atoms with Crippen LogP contribution in [0.3, 0.4) is 0 Å². The van der Waals surface area contributed by atoms with Gasteiger partial charge in [0.25, 0.3) is 0 Å². The van der Waals surface area contributed by atoms with E-state index in [9.17, 15) is 0 Å². The lowest BCUT2D eigenvalue weighted by Crippen LogP contribution is -2.36. The van der Waals surface area contributed by atoms with Gasteiger partial charge in [-0.1, -0.05) is 20.8 Å². The molecule has 0 amide bonds. The highest BCUT2D eigenvalue weighted by atomic mass is 16.5. The molecule has 1 N–H and O–H groups in total. The van der Waals surface area contributed by atoms with Gasteiger partial charge < -0.3 is 10.1 Å². The van der Waals surface area contributed by atoms with Crippen molar-refractivity contribution in [1.82, 2.24) is 9.38 Å². The molecule has 0 saturated heterocycles. The first-order valence-corrected chi connectivity index (χ1v) is 9.49. The lowest BCUT2D eigenvalue weighted by molar-refractivity contribution is 0.302. The predicted molar refractivity (Wildman–Crippen MR) is 114 cm³/mol. The van der Waals surface area contributed by atoms with Crippen LogP contribution in [-0.2, 0) is 0 Å². The van der Waals surface area contributed by atoms with Crippen molar-refractivity contribution in [3.8, 4) is 17.0 Å². The lowest BCUT2D eigenvalue weighted by Gasteiger charge is -2.34. The largest absolute Gasteiger partial charge is 0.497 e. The summed E-state index contributed by atoms with van der Waals surface area (Å²) < 4.78 is 7.45. The predicted octanol–water partition coefficient (Wildman–Crippen LogP) is 5.95. The molecule has 2 aromatic heterocycles. The summed E-state index contributed by atoms with van der Waals surface area (Å²) in [6.07, 6.45) is 3.14. The minimum Gasteiger partial charge on any atom is -0.497 e. The molecule has 0 aliphatic rings. The normalized spacial score (nSPS) is 12.4. The van der Waals surface area contributed by atoms with Crippen molar-refractivity contribution in [1.29, 1.82) is 0 Å². The number of fused-ring (bicyclic) bond motifs is 1. The van der Waals surface area contributed by atoms with Crippen molar-refractivity contribution in [2.75, 3.05) is 12.4 Å². The van der Waals surface area contributed by atoms with Crippen LogP contribution in [0.2, 0.25) is 0 Å². The Morgan fingerprint density at radius 2 is 1.70 bits per heavy atom. The molecule has 0 bridgehead atoms. The van der Waals surface area contributed by atoms with Crippen molar-refractivity contribution in [3.05, 3.63) is 48.2 Å². The van der Waals surface area contributed by atoms with E-state index in [2.05, 4.69) is 81.7 Å². The number of pyridine rings is 1. The topological polar surface area (TPSA) is 38.6 Å². The zero-order valence-electron chi connectivity index (χ0n) is 17.6. The molecule has 4 nitrogen and oxygen atoms in total. The number of imidazole rings is 1. The summed E-state index contributed by atoms with van der Waals surface area (Å²) in [6, 6.07) is 12.3. The molecule has 3 rings (SSSR count). The molecular formula is C23H31N3O. The van der Waals surface area contributed by atoms with Crippen molar-refractivity contribution in [3.63, 3.8) is 0 Å². The van der Waals surface area contributed by atoms with Gasteiger partial charge in [0.15, 0.2) is 0 Å². The van der Waals surface area contributed by atoms with E-state index in [4.69, 9.17) is 9.72 Å². The van der Waals surface area contributed by atoms with Gasteiger partial charge in [0.05, 0.1) is 7.11 Å². The number of anilines is 1. The third-order valence-corrected chi connectivity index (χ3v) is 4.57. The molecule has 4 heteroatoms. The number of hydrogen-bond donors (Lipinski definition) is 1. The third kappa shape index (κ3) is 4.44. The molecule has 0 radical (unpaired) electrons. The molecule has 0 unspecified atom stereocenters. The van der Waals surface area contributed by atoms with E-state index in [-0.39, 0.29) is 11.0 Å². The van der Waals surface area contributed by atoms with Crippen molar-refractivity contribution in [2.24, 2.45) is 5.41 Å². The summed E-state index contributed by atoms with van der Waals surface area (Å²) in [7, 11) is 1.69. The zero-order chi connectivity index (χ0) is 19.8. The first-order chi connectivity index (χ1) is 12.6. The molecule has 144 valence electrons. The number of methoxy groups -OCH3 is 1. The first kappa shape index (κ1) is 19.3. The number of nitrogens with zero attached hydrogens (tertiary/aromatic N) is 2. The second-order valence-electron chi connectivity index (χ2n) is 9.22. The summed E-state index contributed by atoms with van der Waals surface area (Å²) in [6.45, 7) is 13.4. The number of nitrogens with one attached hydrogen (secondary N) is 1. The van der Waals surface area contributed by atoms with Gasteiger partial charge in [-0.15, -0.1) is 0 Å². The van der Waals surface area contributed by atoms with Gasteiger partial charge in [-0.05, 0) is 74.6 Å². The zero-order valence-corrected chi connectivity index (χ0v) is 17.6. The summed E-state index contributed by atoms with van der Waals surface area (Å²) in [5.41, 5.74) is 4.36. The Balaban J connectivity index is 2.10. The number of aryl methyl sites for hydroxylation is 1. The maximum Gasteiger partial charge on any atom is 0.139 e. The second kappa shape index (κ2) is 6.91. The highest BCUT2D eigenvalue weighted by molar-refractivity contribution is 5.77. The fourth-order valence-corrected chi connectivity index (χ4v) is 3.91. The van der Waals surface area contributed by atoms with E-state index in [1.165, 1.54) is 5.56 Å². The van der Waals surface area contributed by atoms with Gasteiger partial charge in [-0.2, -0.15) is 0 Å². The molecule has 1 aromatic carbocycles. The third-order valence-electron chi connectivity index (χ3n) is 4.57.